The number of alkyl halides is 1. The van der Waals surface area contributed by atoms with Gasteiger partial charge in [-0.25, -0.2) is 19.2 Å². The fraction of sp³-hybridized carbons (Fsp3) is 0.435. The smallest absolute Gasteiger partial charge is 0.341 e. The number of ether oxygens (including phenoxy) is 1. The summed E-state index contributed by atoms with van der Waals surface area (Å²) in [4.78, 5) is 47.5. The highest BCUT2D eigenvalue weighted by Gasteiger charge is 2.51. The molecule has 35 heavy (non-hydrogen) atoms. The number of aryl methyl sites for hydroxylation is 1. The number of carboxylic acid groups (broad SMARTS) is 1. The van der Waals surface area contributed by atoms with E-state index in [0.717, 1.165) is 19.3 Å². The summed E-state index contributed by atoms with van der Waals surface area (Å²) in [6, 6.07) is 1.61. The minimum absolute atomic E-state index is 0.0874. The zero-order chi connectivity index (χ0) is 24.7. The number of hydrogen-bond acceptors (Lipinski definition) is 8. The average Bonchev–Trinajstić information content (AvgIpc) is 3.35. The van der Waals surface area contributed by atoms with Crippen molar-refractivity contribution < 1.29 is 23.8 Å². The fourth-order valence-electron chi connectivity index (χ4n) is 4.47. The number of hydrogen-bond donors (Lipinski definition) is 2. The Morgan fingerprint density at radius 3 is 2.83 bits per heavy atom. The lowest BCUT2D eigenvalue weighted by atomic mass is 9.94. The van der Waals surface area contributed by atoms with E-state index in [9.17, 15) is 19.5 Å². The van der Waals surface area contributed by atoms with Gasteiger partial charge in [0.15, 0.2) is 10.8 Å². The zero-order valence-corrected chi connectivity index (χ0v) is 19.8. The van der Waals surface area contributed by atoms with Crippen molar-refractivity contribution in [1.29, 1.82) is 0 Å². The van der Waals surface area contributed by atoms with Crippen LogP contribution < -0.4 is 15.6 Å². The number of amides is 1. The molecule has 0 aliphatic carbocycles. The van der Waals surface area contributed by atoms with Crippen LogP contribution in [0.25, 0.3) is 16.2 Å². The molecule has 0 spiro atoms. The van der Waals surface area contributed by atoms with E-state index in [1.165, 1.54) is 22.1 Å². The first kappa shape index (κ1) is 23.4. The second-order valence-electron chi connectivity index (χ2n) is 8.88. The molecule has 0 aromatic carbocycles. The van der Waals surface area contributed by atoms with Crippen LogP contribution in [0.4, 0.5) is 10.2 Å². The first-order valence-corrected chi connectivity index (χ1v) is 12.2. The summed E-state index contributed by atoms with van der Waals surface area (Å²) >= 11 is 1.26. The molecule has 10 nitrogen and oxygen atoms in total. The number of carbonyl (C=O) groups excluding carboxylic acids is 1. The Morgan fingerprint density at radius 2 is 2.17 bits per heavy atom. The Kier molecular flexibility index (Phi) is 6.01. The van der Waals surface area contributed by atoms with Gasteiger partial charge in [0.2, 0.25) is 11.1 Å². The maximum atomic E-state index is 15.3. The van der Waals surface area contributed by atoms with Gasteiger partial charge in [-0.2, -0.15) is 0 Å². The first-order chi connectivity index (χ1) is 16.8. The van der Waals surface area contributed by atoms with Crippen molar-refractivity contribution in [3.63, 3.8) is 0 Å². The van der Waals surface area contributed by atoms with E-state index in [1.54, 1.807) is 29.5 Å². The van der Waals surface area contributed by atoms with E-state index < -0.39 is 28.5 Å². The van der Waals surface area contributed by atoms with Crippen LogP contribution in [0.15, 0.2) is 28.6 Å². The second kappa shape index (κ2) is 9.00. The van der Waals surface area contributed by atoms with Crippen LogP contribution >= 0.6 is 11.3 Å². The van der Waals surface area contributed by atoms with Crippen molar-refractivity contribution >= 4 is 40.1 Å². The van der Waals surface area contributed by atoms with Gasteiger partial charge in [0.25, 0.3) is 5.91 Å². The Labute approximate surface area is 203 Å². The van der Waals surface area contributed by atoms with Crippen molar-refractivity contribution in [3.8, 4) is 5.13 Å². The van der Waals surface area contributed by atoms with Gasteiger partial charge >= 0.3 is 5.97 Å². The van der Waals surface area contributed by atoms with E-state index in [4.69, 9.17) is 4.74 Å². The topological polar surface area (TPSA) is 127 Å². The number of aromatic carboxylic acids is 1. The minimum atomic E-state index is -2.05. The van der Waals surface area contributed by atoms with E-state index in [1.807, 2.05) is 0 Å². The van der Waals surface area contributed by atoms with Crippen LogP contribution in [-0.2, 0) is 9.53 Å². The molecule has 3 aromatic rings. The van der Waals surface area contributed by atoms with Crippen molar-refractivity contribution in [1.82, 2.24) is 19.9 Å². The molecule has 0 saturated carbocycles. The van der Waals surface area contributed by atoms with E-state index in [2.05, 4.69) is 15.3 Å². The lowest BCUT2D eigenvalue weighted by Crippen LogP contribution is -2.67. The van der Waals surface area contributed by atoms with Crippen LogP contribution in [0, 0.1) is 6.92 Å². The van der Waals surface area contributed by atoms with E-state index in [0.29, 0.717) is 23.1 Å². The molecule has 2 N–H and O–H groups in total. The lowest BCUT2D eigenvalue weighted by Gasteiger charge is -2.44. The number of carbonyl (C=O) groups is 2. The van der Waals surface area contributed by atoms with Crippen LogP contribution in [0.5, 0.6) is 0 Å². The molecule has 2 aliphatic heterocycles. The van der Waals surface area contributed by atoms with Crippen molar-refractivity contribution in [2.75, 3.05) is 31.1 Å². The molecule has 5 rings (SSSR count). The molecule has 3 aromatic heterocycles. The van der Waals surface area contributed by atoms with Crippen molar-refractivity contribution in [2.24, 2.45) is 0 Å². The third-order valence-corrected chi connectivity index (χ3v) is 7.15. The molecule has 2 fully saturated rings. The summed E-state index contributed by atoms with van der Waals surface area (Å²) in [7, 11) is 0. The molecule has 1 amide bonds. The van der Waals surface area contributed by atoms with Crippen molar-refractivity contribution in [2.45, 2.75) is 38.0 Å². The number of halogens is 1. The zero-order valence-electron chi connectivity index (χ0n) is 19.0. The van der Waals surface area contributed by atoms with Crippen LogP contribution in [0.2, 0.25) is 0 Å². The van der Waals surface area contributed by atoms with Crippen LogP contribution in [0.1, 0.15) is 35.2 Å². The molecule has 2 aliphatic rings. The number of nitrogens with one attached hydrogen (secondary N) is 1. The molecule has 12 heteroatoms. The predicted octanol–water partition coefficient (Wildman–Crippen LogP) is 2.06. The number of aromatic nitrogens is 3. The number of anilines is 1. The molecular formula is C23H24FN5O5S. The highest BCUT2D eigenvalue weighted by molar-refractivity contribution is 7.12. The molecule has 1 atom stereocenters. The lowest BCUT2D eigenvalue weighted by molar-refractivity contribution is -0.135. The summed E-state index contributed by atoms with van der Waals surface area (Å²) in [5, 5.41) is 14.5. The third kappa shape index (κ3) is 4.27. The highest BCUT2D eigenvalue weighted by Crippen LogP contribution is 2.32. The SMILES string of the molecule is Cc1cc(N2CC(F)(C(=O)NCC3CCCCO3)C2)nc2c1c(=O)c(C(=O)O)cn2-c1nccs1. The second-order valence-corrected chi connectivity index (χ2v) is 9.75. The predicted molar refractivity (Wildman–Crippen MR) is 127 cm³/mol. The van der Waals surface area contributed by atoms with Gasteiger partial charge in [0.05, 0.1) is 24.6 Å². The summed E-state index contributed by atoms with van der Waals surface area (Å²) in [6.45, 7) is 2.24. The molecule has 2 saturated heterocycles. The maximum absolute atomic E-state index is 15.3. The summed E-state index contributed by atoms with van der Waals surface area (Å²) < 4.78 is 22.3. The van der Waals surface area contributed by atoms with Gasteiger partial charge in [0, 0.05) is 30.9 Å². The summed E-state index contributed by atoms with van der Waals surface area (Å²) in [6.07, 6.45) is 5.55. The standard InChI is InChI=1S/C23H24FN5O5S/c1-13-8-16(28-11-23(24,12-28)21(33)26-9-14-4-2-3-6-34-14)27-19-17(13)18(30)15(20(31)32)10-29(19)22-25-5-7-35-22/h5,7-8,10,14H,2-4,6,9,11-12H2,1H3,(H,26,33)(H,31,32). The summed E-state index contributed by atoms with van der Waals surface area (Å²) in [5.74, 6) is -1.63. The van der Waals surface area contributed by atoms with Gasteiger partial charge in [0.1, 0.15) is 11.4 Å². The first-order valence-electron chi connectivity index (χ1n) is 11.3. The van der Waals surface area contributed by atoms with Gasteiger partial charge in [-0.3, -0.25) is 14.2 Å². The van der Waals surface area contributed by atoms with Gasteiger partial charge in [-0.05, 0) is 37.8 Å². The monoisotopic (exact) mass is 501 g/mol. The number of fused-ring (bicyclic) bond motifs is 1. The Hall–Kier alpha value is -3.38. The van der Waals surface area contributed by atoms with Crippen LogP contribution in [0.3, 0.4) is 0 Å². The molecule has 0 radical (unpaired) electrons. The summed E-state index contributed by atoms with van der Waals surface area (Å²) in [5.41, 5.74) is -2.37. The Morgan fingerprint density at radius 1 is 1.37 bits per heavy atom. The van der Waals surface area contributed by atoms with Crippen LogP contribution in [-0.4, -0.2) is 69.5 Å². The number of thiazole rings is 1. The highest BCUT2D eigenvalue weighted by atomic mass is 32.1. The maximum Gasteiger partial charge on any atom is 0.341 e. The van der Waals surface area contributed by atoms with Crippen molar-refractivity contribution in [3.05, 3.63) is 45.2 Å². The van der Waals surface area contributed by atoms with Gasteiger partial charge in [-0.1, -0.05) is 0 Å². The van der Waals surface area contributed by atoms with E-state index >= 15 is 4.39 Å². The van der Waals surface area contributed by atoms with Gasteiger partial charge in [-0.15, -0.1) is 11.3 Å². The molecule has 5 heterocycles. The number of rotatable bonds is 6. The fourth-order valence-corrected chi connectivity index (χ4v) is 5.09. The quantitative estimate of drug-likeness (QED) is 0.526. The Bertz CT molecular complexity index is 1350. The normalized spacial score (nSPS) is 19.4. The molecule has 1 unspecified atom stereocenters. The largest absolute Gasteiger partial charge is 0.477 e. The number of pyridine rings is 2. The van der Waals surface area contributed by atoms with Gasteiger partial charge < -0.3 is 20.1 Å². The minimum Gasteiger partial charge on any atom is -0.477 e. The number of nitrogens with zero attached hydrogens (tertiary/aromatic N) is 4. The molecule has 184 valence electrons. The molecular weight excluding hydrogens is 477 g/mol. The number of carboxylic acids is 1. The average molecular weight is 502 g/mol. The third-order valence-electron chi connectivity index (χ3n) is 6.38. The Balaban J connectivity index is 1.41. The van der Waals surface area contributed by atoms with E-state index in [-0.39, 0.29) is 36.8 Å². The molecule has 0 bridgehead atoms.